The van der Waals surface area contributed by atoms with Crippen LogP contribution in [-0.4, -0.2) is 62.0 Å². The molecule has 6 nitrogen and oxygen atoms in total. The molecule has 0 aromatic carbocycles. The van der Waals surface area contributed by atoms with Gasteiger partial charge in [0.05, 0.1) is 0 Å². The molecule has 0 fully saturated rings. The van der Waals surface area contributed by atoms with Crippen molar-refractivity contribution in [3.8, 4) is 0 Å². The Morgan fingerprint density at radius 1 is 1.36 bits per heavy atom. The van der Waals surface area contributed by atoms with Gasteiger partial charge in [0.2, 0.25) is 0 Å². The van der Waals surface area contributed by atoms with Gasteiger partial charge < -0.3 is 0 Å². The van der Waals surface area contributed by atoms with Crippen molar-refractivity contribution in [1.29, 1.82) is 0 Å². The van der Waals surface area contributed by atoms with Gasteiger partial charge in [0.1, 0.15) is 0 Å². The second-order valence-electron chi connectivity index (χ2n) is 2.50. The molecular weight excluding hydrogens is 275 g/mol. The van der Waals surface area contributed by atoms with Crippen molar-refractivity contribution < 1.29 is 19.8 Å². The van der Waals surface area contributed by atoms with E-state index in [2.05, 4.69) is 4.33 Å². The molecule has 8 heteroatoms. The average Bonchev–Trinajstić information content (AvgIpc) is 2.11. The second kappa shape index (κ2) is 7.08. The van der Waals surface area contributed by atoms with Gasteiger partial charge in [-0.25, -0.2) is 0 Å². The molecule has 0 aromatic rings. The van der Waals surface area contributed by atoms with Gasteiger partial charge in [-0.15, -0.1) is 0 Å². The Labute approximate surface area is 93.6 Å². The van der Waals surface area contributed by atoms with E-state index in [1.54, 1.807) is 0 Å². The summed E-state index contributed by atoms with van der Waals surface area (Å²) in [5.74, 6) is -1.56. The van der Waals surface area contributed by atoms with Gasteiger partial charge in [-0.3, -0.25) is 0 Å². The summed E-state index contributed by atoms with van der Waals surface area (Å²) in [6.45, 7) is 0. The number of carboxylic acid groups (broad SMARTS) is 2. The number of nitrogens with two attached hydrogens (primary N) is 1. The van der Waals surface area contributed by atoms with E-state index >= 15 is 0 Å². The summed E-state index contributed by atoms with van der Waals surface area (Å²) in [6, 6.07) is -1.64. The Balaban J connectivity index is 3.71. The number of nitrogens with one attached hydrogen (secondary N) is 1. The predicted molar refractivity (Wildman–Crippen MR) is 54.6 cm³/mol. The second-order valence-corrected chi connectivity index (χ2v) is 4.12. The van der Waals surface area contributed by atoms with Crippen LogP contribution in [0.3, 0.4) is 0 Å². The number of carboxylic acids is 2. The quantitative estimate of drug-likeness (QED) is 0.400. The number of thioether (sulfide) groups is 1. The van der Waals surface area contributed by atoms with Gasteiger partial charge in [0.25, 0.3) is 0 Å². The van der Waals surface area contributed by atoms with E-state index in [-0.39, 0.29) is 11.5 Å². The first kappa shape index (κ1) is 13.7. The van der Waals surface area contributed by atoms with E-state index in [4.69, 9.17) is 15.9 Å². The first-order chi connectivity index (χ1) is 6.49. The van der Waals surface area contributed by atoms with E-state index in [0.717, 1.165) is 0 Å². The standard InChI is InChI=1S/C6H12N2O4SSe/c7-3(5(9)10)1-13-2-4(8-14)6(11)12/h3-4,8,14H,1-2,7H2,(H,9,10)(H,11,12)/t3-,4-/m0/s1. The fraction of sp³-hybridized carbons (Fsp3) is 0.667. The molecule has 5 N–H and O–H groups in total. The maximum atomic E-state index is 10.5. The van der Waals surface area contributed by atoms with Crippen molar-refractivity contribution in [2.24, 2.45) is 5.73 Å². The Bertz CT molecular complexity index is 216. The Hall–Kier alpha value is -0.271. The van der Waals surface area contributed by atoms with Gasteiger partial charge >= 0.3 is 93.4 Å². The summed E-state index contributed by atoms with van der Waals surface area (Å²) in [6.07, 6.45) is 0. The molecule has 2 atom stereocenters. The van der Waals surface area contributed by atoms with E-state index in [9.17, 15) is 9.59 Å². The molecule has 0 aromatic heterocycles. The molecule has 82 valence electrons. The molecule has 0 rings (SSSR count). The van der Waals surface area contributed by atoms with Crippen molar-refractivity contribution in [3.63, 3.8) is 0 Å². The summed E-state index contributed by atoms with van der Waals surface area (Å²) in [4.78, 5) is 20.8. The number of hydrogen-bond acceptors (Lipinski definition) is 5. The Kier molecular flexibility index (Phi) is 6.94. The molecule has 0 aliphatic rings. The minimum absolute atomic E-state index is 0.202. The Morgan fingerprint density at radius 2 is 1.93 bits per heavy atom. The van der Waals surface area contributed by atoms with Crippen LogP contribution in [0.15, 0.2) is 0 Å². The molecule has 0 amide bonds. The Morgan fingerprint density at radius 3 is 2.29 bits per heavy atom. The van der Waals surface area contributed by atoms with Crippen molar-refractivity contribution in [1.82, 2.24) is 4.33 Å². The SMILES string of the molecule is N[C@@H](CSC[C@H](N[SeH])C(=O)O)C(=O)O. The van der Waals surface area contributed by atoms with E-state index in [1.165, 1.54) is 11.8 Å². The van der Waals surface area contributed by atoms with Crippen LogP contribution in [0.1, 0.15) is 0 Å². The van der Waals surface area contributed by atoms with Gasteiger partial charge in [-0.1, -0.05) is 0 Å². The molecule has 0 bridgehead atoms. The van der Waals surface area contributed by atoms with Crippen LogP contribution in [0.25, 0.3) is 0 Å². The third-order valence-corrected chi connectivity index (χ3v) is 3.17. The molecular formula is C6H12N2O4SSe. The van der Waals surface area contributed by atoms with Gasteiger partial charge in [-0.05, 0) is 0 Å². The molecule has 0 unspecified atom stereocenters. The molecule has 0 saturated heterocycles. The van der Waals surface area contributed by atoms with Crippen LogP contribution in [0.4, 0.5) is 0 Å². The predicted octanol–water partition coefficient (Wildman–Crippen LogP) is -2.01. The van der Waals surface area contributed by atoms with Crippen molar-refractivity contribution in [3.05, 3.63) is 0 Å². The van der Waals surface area contributed by atoms with Crippen LogP contribution in [0.2, 0.25) is 0 Å². The maximum absolute atomic E-state index is 10.5. The normalized spacial score (nSPS) is 14.7. The third kappa shape index (κ3) is 5.46. The van der Waals surface area contributed by atoms with Crippen molar-refractivity contribution in [2.45, 2.75) is 12.1 Å². The van der Waals surface area contributed by atoms with Gasteiger partial charge in [0.15, 0.2) is 0 Å². The average molecular weight is 287 g/mol. The van der Waals surface area contributed by atoms with Crippen LogP contribution in [0, 0.1) is 0 Å². The van der Waals surface area contributed by atoms with Crippen molar-refractivity contribution >= 4 is 39.9 Å². The molecule has 0 saturated carbocycles. The fourth-order valence-electron chi connectivity index (χ4n) is 0.548. The molecule has 0 aliphatic heterocycles. The summed E-state index contributed by atoms with van der Waals surface area (Å²) in [7, 11) is 0. The first-order valence-corrected chi connectivity index (χ1v) is 5.77. The van der Waals surface area contributed by atoms with E-state index < -0.39 is 24.0 Å². The zero-order valence-corrected chi connectivity index (χ0v) is 9.91. The molecule has 0 radical (unpaired) electrons. The topological polar surface area (TPSA) is 113 Å². The zero-order chi connectivity index (χ0) is 11.1. The fourth-order valence-corrected chi connectivity index (χ4v) is 2.23. The molecule has 0 spiro atoms. The summed E-state index contributed by atoms with van der Waals surface area (Å²) in [5, 5.41) is 17.1. The number of carbonyl (C=O) groups is 2. The minimum atomic E-state index is -1.08. The summed E-state index contributed by atoms with van der Waals surface area (Å²) < 4.78 is 2.53. The van der Waals surface area contributed by atoms with E-state index in [1.807, 2.05) is 16.2 Å². The third-order valence-electron chi connectivity index (χ3n) is 1.35. The zero-order valence-electron chi connectivity index (χ0n) is 7.21. The van der Waals surface area contributed by atoms with Crippen LogP contribution < -0.4 is 10.1 Å². The number of rotatable bonds is 7. The van der Waals surface area contributed by atoms with Crippen LogP contribution in [-0.2, 0) is 9.59 Å². The summed E-state index contributed by atoms with van der Waals surface area (Å²) >= 11 is 3.16. The monoisotopic (exact) mass is 288 g/mol. The first-order valence-electron chi connectivity index (χ1n) is 3.67. The summed E-state index contributed by atoms with van der Waals surface area (Å²) in [5.41, 5.74) is 5.23. The molecule has 14 heavy (non-hydrogen) atoms. The van der Waals surface area contributed by atoms with Crippen LogP contribution >= 0.6 is 11.8 Å². The van der Waals surface area contributed by atoms with Gasteiger partial charge in [-0.2, -0.15) is 0 Å². The molecule has 0 aliphatic carbocycles. The van der Waals surface area contributed by atoms with Gasteiger partial charge in [0, 0.05) is 0 Å². The number of hydrogen-bond donors (Lipinski definition) is 4. The van der Waals surface area contributed by atoms with Crippen molar-refractivity contribution in [2.75, 3.05) is 11.5 Å². The van der Waals surface area contributed by atoms with E-state index in [0.29, 0.717) is 0 Å². The number of aliphatic carboxylic acids is 2. The van der Waals surface area contributed by atoms with Crippen LogP contribution in [0.5, 0.6) is 0 Å². The molecule has 0 heterocycles.